The molecule has 2 aromatic rings. The number of rotatable bonds is 2. The Hall–Kier alpha value is -1.44. The van der Waals surface area contributed by atoms with Gasteiger partial charge in [0.2, 0.25) is 10.0 Å². The van der Waals surface area contributed by atoms with E-state index in [2.05, 4.69) is 9.97 Å². The van der Waals surface area contributed by atoms with Crippen LogP contribution in [-0.2, 0) is 23.0 Å². The first-order valence-electron chi connectivity index (χ1n) is 5.94. The Bertz CT molecular complexity index is 740. The van der Waals surface area contributed by atoms with Gasteiger partial charge in [-0.05, 0) is 18.2 Å². The van der Waals surface area contributed by atoms with Crippen LogP contribution in [0.25, 0.3) is 0 Å². The fraction of sp³-hybridized carbons (Fsp3) is 0.250. The molecular formula is C12H11ClFN3O2S. The summed E-state index contributed by atoms with van der Waals surface area (Å²) in [6, 6.07) is 3.30. The molecule has 0 spiro atoms. The van der Waals surface area contributed by atoms with E-state index >= 15 is 0 Å². The average molecular weight is 316 g/mol. The van der Waals surface area contributed by atoms with Gasteiger partial charge in [0.05, 0.1) is 29.2 Å². The van der Waals surface area contributed by atoms with Crippen molar-refractivity contribution in [1.29, 1.82) is 0 Å². The third kappa shape index (κ3) is 2.32. The van der Waals surface area contributed by atoms with Gasteiger partial charge in [-0.1, -0.05) is 11.6 Å². The second-order valence-electron chi connectivity index (χ2n) is 4.52. The number of aromatic amines is 1. The van der Waals surface area contributed by atoms with E-state index in [9.17, 15) is 12.8 Å². The van der Waals surface area contributed by atoms with Crippen LogP contribution in [0.15, 0.2) is 29.4 Å². The topological polar surface area (TPSA) is 66.1 Å². The van der Waals surface area contributed by atoms with Gasteiger partial charge in [0.15, 0.2) is 0 Å². The third-order valence-corrected chi connectivity index (χ3v) is 5.25. The zero-order valence-electron chi connectivity index (χ0n) is 10.3. The Kier molecular flexibility index (Phi) is 3.27. The van der Waals surface area contributed by atoms with Crippen molar-refractivity contribution in [3.8, 4) is 0 Å². The molecule has 0 saturated carbocycles. The largest absolute Gasteiger partial charge is 0.347 e. The van der Waals surface area contributed by atoms with E-state index in [1.54, 1.807) is 6.33 Å². The van der Waals surface area contributed by atoms with E-state index in [1.165, 1.54) is 10.4 Å². The van der Waals surface area contributed by atoms with Crippen LogP contribution in [0.3, 0.4) is 0 Å². The Morgan fingerprint density at radius 3 is 2.90 bits per heavy atom. The molecule has 3 rings (SSSR count). The first-order valence-corrected chi connectivity index (χ1v) is 7.76. The summed E-state index contributed by atoms with van der Waals surface area (Å²) in [6.45, 7) is 0.514. The first-order chi connectivity index (χ1) is 9.46. The summed E-state index contributed by atoms with van der Waals surface area (Å²) in [5.41, 5.74) is 1.64. The monoisotopic (exact) mass is 315 g/mol. The number of halogens is 2. The van der Waals surface area contributed by atoms with Gasteiger partial charge in [0.1, 0.15) is 5.82 Å². The van der Waals surface area contributed by atoms with Crippen molar-refractivity contribution in [1.82, 2.24) is 14.3 Å². The molecule has 1 aliphatic rings. The van der Waals surface area contributed by atoms with Crippen LogP contribution in [-0.4, -0.2) is 29.2 Å². The van der Waals surface area contributed by atoms with Gasteiger partial charge < -0.3 is 4.98 Å². The number of hydrogen-bond donors (Lipinski definition) is 1. The summed E-state index contributed by atoms with van der Waals surface area (Å²) in [6.07, 6.45) is 2.07. The fourth-order valence-electron chi connectivity index (χ4n) is 2.22. The summed E-state index contributed by atoms with van der Waals surface area (Å²) in [7, 11) is -3.77. The maximum Gasteiger partial charge on any atom is 0.243 e. The molecule has 0 atom stereocenters. The predicted molar refractivity (Wildman–Crippen MR) is 71.3 cm³/mol. The Labute approximate surface area is 120 Å². The van der Waals surface area contributed by atoms with Gasteiger partial charge in [-0.2, -0.15) is 4.31 Å². The van der Waals surface area contributed by atoms with Crippen LogP contribution in [0.4, 0.5) is 4.39 Å². The molecule has 0 bridgehead atoms. The summed E-state index contributed by atoms with van der Waals surface area (Å²) in [5.74, 6) is -0.671. The van der Waals surface area contributed by atoms with Crippen molar-refractivity contribution >= 4 is 21.6 Å². The van der Waals surface area contributed by atoms with Crippen LogP contribution in [0.2, 0.25) is 5.02 Å². The fourth-order valence-corrected chi connectivity index (χ4v) is 3.97. The highest BCUT2D eigenvalue weighted by Gasteiger charge is 2.30. The van der Waals surface area contributed by atoms with Gasteiger partial charge in [0, 0.05) is 18.0 Å². The van der Waals surface area contributed by atoms with Crippen molar-refractivity contribution < 1.29 is 12.8 Å². The lowest BCUT2D eigenvalue weighted by Crippen LogP contribution is -2.36. The number of sulfonamides is 1. The highest BCUT2D eigenvalue weighted by Crippen LogP contribution is 2.25. The van der Waals surface area contributed by atoms with Crippen LogP contribution in [0.1, 0.15) is 11.4 Å². The van der Waals surface area contributed by atoms with Crippen LogP contribution in [0.5, 0.6) is 0 Å². The van der Waals surface area contributed by atoms with Gasteiger partial charge in [-0.3, -0.25) is 0 Å². The molecule has 1 aromatic heterocycles. The smallest absolute Gasteiger partial charge is 0.243 e. The van der Waals surface area contributed by atoms with Crippen LogP contribution < -0.4 is 0 Å². The van der Waals surface area contributed by atoms with E-state index in [4.69, 9.17) is 11.6 Å². The quantitative estimate of drug-likeness (QED) is 0.921. The SMILES string of the molecule is O=S(=O)(c1cc(F)cc(Cl)c1)N1CCc2nc[nH]c2C1. The van der Waals surface area contributed by atoms with E-state index in [1.807, 2.05) is 0 Å². The standard InChI is InChI=1S/C12H11ClFN3O2S/c13-8-3-9(14)5-10(4-8)20(18,19)17-2-1-11-12(6-17)16-7-15-11/h3-5,7H,1-2,6H2,(H,15,16). The van der Waals surface area contributed by atoms with Crippen LogP contribution >= 0.6 is 11.6 Å². The van der Waals surface area contributed by atoms with Crippen molar-refractivity contribution in [3.05, 3.63) is 46.8 Å². The number of fused-ring (bicyclic) bond motifs is 1. The lowest BCUT2D eigenvalue weighted by atomic mass is 10.2. The van der Waals surface area contributed by atoms with E-state index in [-0.39, 0.29) is 16.5 Å². The molecule has 1 aliphatic heterocycles. The molecule has 0 saturated heterocycles. The number of H-pyrrole nitrogens is 1. The zero-order chi connectivity index (χ0) is 14.3. The Morgan fingerprint density at radius 1 is 1.35 bits per heavy atom. The molecule has 106 valence electrons. The lowest BCUT2D eigenvalue weighted by Gasteiger charge is -2.25. The van der Waals surface area contributed by atoms with Gasteiger partial charge in [-0.15, -0.1) is 0 Å². The molecule has 1 N–H and O–H groups in total. The number of hydrogen-bond acceptors (Lipinski definition) is 3. The van der Waals surface area contributed by atoms with Crippen molar-refractivity contribution in [3.63, 3.8) is 0 Å². The maximum absolute atomic E-state index is 13.3. The highest BCUT2D eigenvalue weighted by molar-refractivity contribution is 7.89. The summed E-state index contributed by atoms with van der Waals surface area (Å²) in [4.78, 5) is 6.90. The third-order valence-electron chi connectivity index (χ3n) is 3.21. The summed E-state index contributed by atoms with van der Waals surface area (Å²) >= 11 is 5.72. The first kappa shape index (κ1) is 13.5. The number of imidazole rings is 1. The molecule has 2 heterocycles. The highest BCUT2D eigenvalue weighted by atomic mass is 35.5. The number of nitrogens with zero attached hydrogens (tertiary/aromatic N) is 2. The molecule has 0 radical (unpaired) electrons. The van der Waals surface area contributed by atoms with E-state index < -0.39 is 15.8 Å². The second kappa shape index (κ2) is 4.83. The molecule has 0 aliphatic carbocycles. The molecule has 0 fully saturated rings. The maximum atomic E-state index is 13.3. The molecule has 5 nitrogen and oxygen atoms in total. The number of nitrogens with one attached hydrogen (secondary N) is 1. The van der Waals surface area contributed by atoms with Gasteiger partial charge >= 0.3 is 0 Å². The molecule has 8 heteroatoms. The molecule has 0 amide bonds. The van der Waals surface area contributed by atoms with Crippen molar-refractivity contribution in [2.75, 3.05) is 6.54 Å². The lowest BCUT2D eigenvalue weighted by molar-refractivity contribution is 0.385. The van der Waals surface area contributed by atoms with E-state index in [0.29, 0.717) is 13.0 Å². The van der Waals surface area contributed by atoms with Crippen LogP contribution in [0, 0.1) is 5.82 Å². The average Bonchev–Trinajstić information content (AvgIpc) is 2.84. The summed E-state index contributed by atoms with van der Waals surface area (Å²) in [5, 5.41) is 0.0582. The van der Waals surface area contributed by atoms with Crippen molar-refractivity contribution in [2.45, 2.75) is 17.9 Å². The minimum atomic E-state index is -3.77. The normalized spacial score (nSPS) is 16.1. The van der Waals surface area contributed by atoms with Gasteiger partial charge in [0.25, 0.3) is 0 Å². The van der Waals surface area contributed by atoms with Gasteiger partial charge in [-0.25, -0.2) is 17.8 Å². The molecule has 0 unspecified atom stereocenters. The summed E-state index contributed by atoms with van der Waals surface area (Å²) < 4.78 is 39.6. The second-order valence-corrected chi connectivity index (χ2v) is 6.90. The minimum Gasteiger partial charge on any atom is -0.347 e. The molecule has 1 aromatic carbocycles. The predicted octanol–water partition coefficient (Wildman–Crippen LogP) is 1.95. The molecular weight excluding hydrogens is 305 g/mol. The zero-order valence-corrected chi connectivity index (χ0v) is 11.9. The Morgan fingerprint density at radius 2 is 2.15 bits per heavy atom. The van der Waals surface area contributed by atoms with Crippen molar-refractivity contribution in [2.24, 2.45) is 0 Å². The molecule has 20 heavy (non-hydrogen) atoms. The Balaban J connectivity index is 1.97. The number of aromatic nitrogens is 2. The minimum absolute atomic E-state index is 0.0582. The number of benzene rings is 1. The van der Waals surface area contributed by atoms with E-state index in [0.717, 1.165) is 23.5 Å².